The normalized spacial score (nSPS) is 14.4. The van der Waals surface area contributed by atoms with Gasteiger partial charge >= 0.3 is 18.2 Å². The molecule has 2 amide bonds. The molecule has 1 aliphatic rings. The molecule has 3 rings (SSSR count). The predicted molar refractivity (Wildman–Crippen MR) is 122 cm³/mol. The number of benzene rings is 2. The van der Waals surface area contributed by atoms with Crippen molar-refractivity contribution in [3.05, 3.63) is 59.7 Å². The van der Waals surface area contributed by atoms with E-state index < -0.39 is 42.7 Å². The Morgan fingerprint density at radius 1 is 1.00 bits per heavy atom. The van der Waals surface area contributed by atoms with Gasteiger partial charge in [-0.1, -0.05) is 48.5 Å². The molecule has 0 saturated heterocycles. The maximum absolute atomic E-state index is 13.5. The molecule has 0 radical (unpaired) electrons. The Labute approximate surface area is 200 Å². The summed E-state index contributed by atoms with van der Waals surface area (Å²) >= 11 is 0. The molecular formula is C25H27F3N2O5. The summed E-state index contributed by atoms with van der Waals surface area (Å²) in [5.74, 6) is -2.21. The van der Waals surface area contributed by atoms with Crippen LogP contribution in [0.25, 0.3) is 11.1 Å². The molecule has 188 valence electrons. The third-order valence-electron chi connectivity index (χ3n) is 5.86. The monoisotopic (exact) mass is 492 g/mol. The van der Waals surface area contributed by atoms with Gasteiger partial charge in [0.15, 0.2) is 0 Å². The van der Waals surface area contributed by atoms with E-state index >= 15 is 0 Å². The van der Waals surface area contributed by atoms with Crippen LogP contribution in [0.15, 0.2) is 48.5 Å². The minimum atomic E-state index is -4.87. The standard InChI is InChI=1S/C25H27F3N2O5/c1-15(7-6-12-23(32)33)29-22(31)13-21(25(26,27)28)30-24(34)35-14-20-18-10-4-2-8-16(18)17-9-3-5-11-19(17)20/h2-5,8-11,15,20-21H,6-7,12-14H2,1H3,(H,29,31)(H,30,34)(H,32,33). The zero-order chi connectivity index (χ0) is 25.6. The van der Waals surface area contributed by atoms with E-state index in [9.17, 15) is 27.6 Å². The van der Waals surface area contributed by atoms with Gasteiger partial charge < -0.3 is 20.5 Å². The van der Waals surface area contributed by atoms with Crippen molar-refractivity contribution in [2.24, 2.45) is 0 Å². The number of carboxylic acids is 1. The molecule has 2 aromatic carbocycles. The van der Waals surface area contributed by atoms with Gasteiger partial charge in [0, 0.05) is 18.4 Å². The van der Waals surface area contributed by atoms with Crippen molar-refractivity contribution in [1.82, 2.24) is 10.6 Å². The molecule has 0 heterocycles. The van der Waals surface area contributed by atoms with Crippen molar-refractivity contribution in [1.29, 1.82) is 0 Å². The van der Waals surface area contributed by atoms with Gasteiger partial charge in [-0.15, -0.1) is 0 Å². The van der Waals surface area contributed by atoms with Crippen molar-refractivity contribution >= 4 is 18.0 Å². The third kappa shape index (κ3) is 6.97. The van der Waals surface area contributed by atoms with Crippen LogP contribution in [-0.2, 0) is 14.3 Å². The summed E-state index contributed by atoms with van der Waals surface area (Å²) in [5, 5.41) is 12.8. The van der Waals surface area contributed by atoms with Gasteiger partial charge in [-0.05, 0) is 42.0 Å². The quantitative estimate of drug-likeness (QED) is 0.450. The summed E-state index contributed by atoms with van der Waals surface area (Å²) < 4.78 is 45.6. The molecule has 0 aromatic heterocycles. The number of hydrogen-bond acceptors (Lipinski definition) is 4. The SMILES string of the molecule is CC(CCCC(=O)O)NC(=O)CC(NC(=O)OCC1c2ccccc2-c2ccccc21)C(F)(F)F. The minimum Gasteiger partial charge on any atom is -0.481 e. The first kappa shape index (κ1) is 26.1. The fourth-order valence-corrected chi connectivity index (χ4v) is 4.18. The Morgan fingerprint density at radius 2 is 1.57 bits per heavy atom. The van der Waals surface area contributed by atoms with Crippen LogP contribution in [0.1, 0.15) is 49.7 Å². The number of aliphatic carboxylic acids is 1. The summed E-state index contributed by atoms with van der Waals surface area (Å²) in [6, 6.07) is 12.2. The molecule has 0 bridgehead atoms. The van der Waals surface area contributed by atoms with Gasteiger partial charge in [0.2, 0.25) is 5.91 Å². The lowest BCUT2D eigenvalue weighted by atomic mass is 9.98. The largest absolute Gasteiger partial charge is 0.481 e. The summed E-state index contributed by atoms with van der Waals surface area (Å²) in [6.45, 7) is 1.42. The van der Waals surface area contributed by atoms with Crippen LogP contribution in [0.2, 0.25) is 0 Å². The minimum absolute atomic E-state index is 0.102. The van der Waals surface area contributed by atoms with Gasteiger partial charge in [0.1, 0.15) is 12.6 Å². The molecule has 0 fully saturated rings. The topological polar surface area (TPSA) is 105 Å². The molecular weight excluding hydrogens is 465 g/mol. The van der Waals surface area contributed by atoms with Gasteiger partial charge in [0.25, 0.3) is 0 Å². The van der Waals surface area contributed by atoms with E-state index in [1.165, 1.54) is 0 Å². The number of carbonyl (C=O) groups excluding carboxylic acids is 2. The molecule has 0 saturated carbocycles. The number of alkyl halides is 3. The highest BCUT2D eigenvalue weighted by molar-refractivity contribution is 5.80. The Kier molecular flexibility index (Phi) is 8.37. The maximum atomic E-state index is 13.5. The van der Waals surface area contributed by atoms with Crippen molar-refractivity contribution in [3.8, 4) is 11.1 Å². The number of nitrogens with one attached hydrogen (secondary N) is 2. The van der Waals surface area contributed by atoms with Gasteiger partial charge in [-0.2, -0.15) is 13.2 Å². The number of fused-ring (bicyclic) bond motifs is 3. The van der Waals surface area contributed by atoms with Crippen LogP contribution < -0.4 is 10.6 Å². The van der Waals surface area contributed by atoms with Crippen LogP contribution >= 0.6 is 0 Å². The van der Waals surface area contributed by atoms with Gasteiger partial charge in [-0.25, -0.2) is 4.79 Å². The lowest BCUT2D eigenvalue weighted by Gasteiger charge is -2.23. The fraction of sp³-hybridized carbons (Fsp3) is 0.400. The molecule has 0 aliphatic heterocycles. The summed E-state index contributed by atoms with van der Waals surface area (Å²) in [5.41, 5.74) is 3.81. The van der Waals surface area contributed by atoms with Crippen molar-refractivity contribution in [2.45, 2.75) is 56.8 Å². The van der Waals surface area contributed by atoms with Gasteiger partial charge in [0.05, 0.1) is 6.42 Å². The highest BCUT2D eigenvalue weighted by Gasteiger charge is 2.42. The lowest BCUT2D eigenvalue weighted by molar-refractivity contribution is -0.160. The highest BCUT2D eigenvalue weighted by atomic mass is 19.4. The molecule has 35 heavy (non-hydrogen) atoms. The first-order valence-electron chi connectivity index (χ1n) is 11.3. The third-order valence-corrected chi connectivity index (χ3v) is 5.86. The average Bonchev–Trinajstić information content (AvgIpc) is 3.10. The number of carboxylic acid groups (broad SMARTS) is 1. The van der Waals surface area contributed by atoms with Crippen LogP contribution in [0.3, 0.4) is 0 Å². The molecule has 2 aromatic rings. The molecule has 7 nitrogen and oxygen atoms in total. The number of alkyl carbamates (subject to hydrolysis) is 1. The van der Waals surface area contributed by atoms with Crippen LogP contribution in [0.5, 0.6) is 0 Å². The molecule has 2 unspecified atom stereocenters. The zero-order valence-corrected chi connectivity index (χ0v) is 19.1. The van der Waals surface area contributed by atoms with E-state index in [1.54, 1.807) is 12.2 Å². The Bertz CT molecular complexity index is 1030. The van der Waals surface area contributed by atoms with E-state index in [-0.39, 0.29) is 25.4 Å². The zero-order valence-electron chi connectivity index (χ0n) is 19.1. The second-order valence-electron chi connectivity index (χ2n) is 8.52. The predicted octanol–water partition coefficient (Wildman–Crippen LogP) is 4.61. The van der Waals surface area contributed by atoms with Crippen LogP contribution in [-0.4, -0.2) is 47.9 Å². The Balaban J connectivity index is 1.57. The molecule has 0 spiro atoms. The molecule has 3 N–H and O–H groups in total. The summed E-state index contributed by atoms with van der Waals surface area (Å²) in [7, 11) is 0. The van der Waals surface area contributed by atoms with E-state index in [1.807, 2.05) is 48.5 Å². The maximum Gasteiger partial charge on any atom is 0.409 e. The number of rotatable bonds is 10. The number of amides is 2. The van der Waals surface area contributed by atoms with E-state index in [0.29, 0.717) is 6.42 Å². The van der Waals surface area contributed by atoms with Crippen LogP contribution in [0.4, 0.5) is 18.0 Å². The average molecular weight is 492 g/mol. The van der Waals surface area contributed by atoms with E-state index in [2.05, 4.69) is 5.32 Å². The second kappa shape index (κ2) is 11.2. The first-order valence-corrected chi connectivity index (χ1v) is 11.3. The van der Waals surface area contributed by atoms with Crippen molar-refractivity contribution in [3.63, 3.8) is 0 Å². The van der Waals surface area contributed by atoms with Crippen LogP contribution in [0, 0.1) is 0 Å². The Hall–Kier alpha value is -3.56. The molecule has 2 atom stereocenters. The molecule has 10 heteroatoms. The number of carbonyl (C=O) groups is 3. The molecule has 1 aliphatic carbocycles. The van der Waals surface area contributed by atoms with Gasteiger partial charge in [-0.3, -0.25) is 9.59 Å². The fourth-order valence-electron chi connectivity index (χ4n) is 4.18. The highest BCUT2D eigenvalue weighted by Crippen LogP contribution is 2.44. The number of halogens is 3. The summed E-state index contributed by atoms with van der Waals surface area (Å²) in [6.07, 6.45) is -6.68. The van der Waals surface area contributed by atoms with E-state index in [4.69, 9.17) is 9.84 Å². The van der Waals surface area contributed by atoms with Crippen molar-refractivity contribution < 1.29 is 37.4 Å². The lowest BCUT2D eigenvalue weighted by Crippen LogP contribution is -2.49. The summed E-state index contributed by atoms with van der Waals surface area (Å²) in [4.78, 5) is 34.9. The smallest absolute Gasteiger partial charge is 0.409 e. The van der Waals surface area contributed by atoms with E-state index in [0.717, 1.165) is 22.3 Å². The number of hydrogen-bond donors (Lipinski definition) is 3. The first-order chi connectivity index (χ1) is 16.6. The van der Waals surface area contributed by atoms with Crippen molar-refractivity contribution in [2.75, 3.05) is 6.61 Å². The Morgan fingerprint density at radius 3 is 2.11 bits per heavy atom. The second-order valence-corrected chi connectivity index (χ2v) is 8.52. The number of ether oxygens (including phenoxy) is 1.